The van der Waals surface area contributed by atoms with Crippen LogP contribution in [-0.4, -0.2) is 12.2 Å². The lowest BCUT2D eigenvalue weighted by atomic mass is 9.66. The van der Waals surface area contributed by atoms with Crippen LogP contribution in [0.5, 0.6) is 5.75 Å². The molecular formula is C19H28O2. The van der Waals surface area contributed by atoms with Crippen molar-refractivity contribution in [1.29, 1.82) is 0 Å². The molecule has 2 heteroatoms. The Kier molecular flexibility index (Phi) is 4.54. The van der Waals surface area contributed by atoms with Crippen molar-refractivity contribution in [3.05, 3.63) is 29.3 Å². The Morgan fingerprint density at radius 2 is 1.86 bits per heavy atom. The van der Waals surface area contributed by atoms with E-state index in [9.17, 15) is 5.11 Å². The molecule has 0 amide bonds. The Morgan fingerprint density at radius 1 is 1.10 bits per heavy atom. The van der Waals surface area contributed by atoms with Gasteiger partial charge < -0.3 is 9.84 Å². The summed E-state index contributed by atoms with van der Waals surface area (Å²) in [4.78, 5) is 0. The summed E-state index contributed by atoms with van der Waals surface area (Å²) in [5.41, 5.74) is 2.24. The van der Waals surface area contributed by atoms with E-state index in [-0.39, 0.29) is 6.10 Å². The lowest BCUT2D eigenvalue weighted by molar-refractivity contribution is 0.0346. The van der Waals surface area contributed by atoms with E-state index < -0.39 is 0 Å². The quantitative estimate of drug-likeness (QED) is 0.877. The number of aryl methyl sites for hydroxylation is 1. The maximum absolute atomic E-state index is 10.8. The molecule has 0 heterocycles. The number of hydrogen-bond donors (Lipinski definition) is 1. The second kappa shape index (κ2) is 6.39. The molecule has 21 heavy (non-hydrogen) atoms. The van der Waals surface area contributed by atoms with Crippen molar-refractivity contribution in [3.63, 3.8) is 0 Å². The van der Waals surface area contributed by atoms with E-state index in [4.69, 9.17) is 4.74 Å². The van der Waals surface area contributed by atoms with E-state index in [1.807, 2.05) is 18.2 Å². The van der Waals surface area contributed by atoms with Crippen molar-refractivity contribution in [2.75, 3.05) is 7.11 Å². The van der Waals surface area contributed by atoms with Crippen LogP contribution in [0.25, 0.3) is 0 Å². The highest BCUT2D eigenvalue weighted by Crippen LogP contribution is 2.46. The Balaban J connectivity index is 1.71. The smallest absolute Gasteiger partial charge is 0.119 e. The number of aliphatic hydroxyl groups excluding tert-OH is 1. The van der Waals surface area contributed by atoms with Crippen molar-refractivity contribution in [1.82, 2.24) is 0 Å². The molecule has 0 radical (unpaired) electrons. The Hall–Kier alpha value is -1.02. The molecule has 0 bridgehead atoms. The third-order valence-electron chi connectivity index (χ3n) is 5.82. The number of aliphatic hydroxyl groups is 1. The molecule has 116 valence electrons. The van der Waals surface area contributed by atoms with Gasteiger partial charge in [0.2, 0.25) is 0 Å². The number of benzene rings is 1. The second-order valence-electron chi connectivity index (χ2n) is 7.05. The fourth-order valence-corrected chi connectivity index (χ4v) is 4.56. The Morgan fingerprint density at radius 3 is 2.57 bits per heavy atom. The standard InChI is InChI=1S/C19H28O2/c1-13-11-17(21-2)9-10-18(13)19(20)16-8-7-14-5-3-4-6-15(14)12-16/h9-11,14-16,19-20H,3-8,12H2,1-2H3. The van der Waals surface area contributed by atoms with E-state index in [0.717, 1.165) is 28.7 Å². The van der Waals surface area contributed by atoms with Crippen LogP contribution in [0.4, 0.5) is 0 Å². The van der Waals surface area contributed by atoms with Crippen molar-refractivity contribution >= 4 is 0 Å². The third kappa shape index (κ3) is 3.11. The number of rotatable bonds is 3. The number of fused-ring (bicyclic) bond motifs is 1. The van der Waals surface area contributed by atoms with Crippen LogP contribution in [0.15, 0.2) is 18.2 Å². The predicted octanol–water partition coefficient (Wildman–Crippen LogP) is 4.64. The first-order chi connectivity index (χ1) is 10.2. The largest absolute Gasteiger partial charge is 0.497 e. The Bertz CT molecular complexity index is 482. The molecular weight excluding hydrogens is 260 g/mol. The Labute approximate surface area is 128 Å². The summed E-state index contributed by atoms with van der Waals surface area (Å²) >= 11 is 0. The minimum absolute atomic E-state index is 0.307. The number of hydrogen-bond acceptors (Lipinski definition) is 2. The van der Waals surface area contributed by atoms with Gasteiger partial charge in [-0.2, -0.15) is 0 Å². The fraction of sp³-hybridized carbons (Fsp3) is 0.684. The fourth-order valence-electron chi connectivity index (χ4n) is 4.56. The number of methoxy groups -OCH3 is 1. The molecule has 2 fully saturated rings. The van der Waals surface area contributed by atoms with Crippen molar-refractivity contribution < 1.29 is 9.84 Å². The first-order valence-corrected chi connectivity index (χ1v) is 8.51. The minimum Gasteiger partial charge on any atom is -0.497 e. The molecule has 0 spiro atoms. The summed E-state index contributed by atoms with van der Waals surface area (Å²) in [5.74, 6) is 3.13. The zero-order valence-electron chi connectivity index (χ0n) is 13.3. The maximum Gasteiger partial charge on any atom is 0.119 e. The molecule has 2 nitrogen and oxygen atoms in total. The predicted molar refractivity (Wildman–Crippen MR) is 85.5 cm³/mol. The molecule has 1 aromatic rings. The van der Waals surface area contributed by atoms with Gasteiger partial charge >= 0.3 is 0 Å². The van der Waals surface area contributed by atoms with Crippen LogP contribution in [-0.2, 0) is 0 Å². The van der Waals surface area contributed by atoms with Crippen molar-refractivity contribution in [2.45, 2.75) is 58.0 Å². The normalized spacial score (nSPS) is 30.5. The van der Waals surface area contributed by atoms with Gasteiger partial charge in [0.15, 0.2) is 0 Å². The van der Waals surface area contributed by atoms with Crippen LogP contribution >= 0.6 is 0 Å². The summed E-state index contributed by atoms with van der Waals surface area (Å²) in [6, 6.07) is 6.05. The molecule has 4 unspecified atom stereocenters. The lowest BCUT2D eigenvalue weighted by Crippen LogP contribution is -2.30. The summed E-state index contributed by atoms with van der Waals surface area (Å²) in [6.07, 6.45) is 9.05. The molecule has 3 rings (SSSR count). The SMILES string of the molecule is COc1ccc(C(O)C2CCC3CCCCC3C2)c(C)c1. The summed E-state index contributed by atoms with van der Waals surface area (Å²) < 4.78 is 5.26. The van der Waals surface area contributed by atoms with Gasteiger partial charge in [0.1, 0.15) is 5.75 Å². The monoisotopic (exact) mass is 288 g/mol. The molecule has 2 aliphatic rings. The first-order valence-electron chi connectivity index (χ1n) is 8.51. The van der Waals surface area contributed by atoms with E-state index in [1.54, 1.807) is 7.11 Å². The molecule has 1 aromatic carbocycles. The van der Waals surface area contributed by atoms with Crippen LogP contribution in [0.3, 0.4) is 0 Å². The van der Waals surface area contributed by atoms with Gasteiger partial charge in [-0.1, -0.05) is 31.7 Å². The maximum atomic E-state index is 10.8. The highest BCUT2D eigenvalue weighted by atomic mass is 16.5. The third-order valence-corrected chi connectivity index (χ3v) is 5.82. The van der Waals surface area contributed by atoms with Gasteiger partial charge in [0.05, 0.1) is 13.2 Å². The van der Waals surface area contributed by atoms with E-state index in [0.29, 0.717) is 5.92 Å². The van der Waals surface area contributed by atoms with Crippen LogP contribution in [0.2, 0.25) is 0 Å². The van der Waals surface area contributed by atoms with Gasteiger partial charge in [-0.15, -0.1) is 0 Å². The highest BCUT2D eigenvalue weighted by molar-refractivity contribution is 5.36. The molecule has 1 N–H and O–H groups in total. The van der Waals surface area contributed by atoms with E-state index in [2.05, 4.69) is 6.92 Å². The topological polar surface area (TPSA) is 29.5 Å². The molecule has 2 aliphatic carbocycles. The minimum atomic E-state index is -0.307. The second-order valence-corrected chi connectivity index (χ2v) is 7.05. The van der Waals surface area contributed by atoms with Crippen LogP contribution < -0.4 is 4.74 Å². The van der Waals surface area contributed by atoms with Crippen LogP contribution in [0, 0.1) is 24.7 Å². The average Bonchev–Trinajstić information content (AvgIpc) is 2.53. The molecule has 0 aromatic heterocycles. The number of ether oxygens (including phenoxy) is 1. The molecule has 4 atom stereocenters. The van der Waals surface area contributed by atoms with Crippen molar-refractivity contribution in [3.8, 4) is 5.75 Å². The van der Waals surface area contributed by atoms with Gasteiger partial charge in [0.25, 0.3) is 0 Å². The molecule has 0 saturated heterocycles. The average molecular weight is 288 g/mol. The van der Waals surface area contributed by atoms with E-state index >= 15 is 0 Å². The van der Waals surface area contributed by atoms with Crippen molar-refractivity contribution in [2.24, 2.45) is 17.8 Å². The highest BCUT2D eigenvalue weighted by Gasteiger charge is 2.35. The first kappa shape index (κ1) is 14.9. The molecule has 2 saturated carbocycles. The van der Waals surface area contributed by atoms with Gasteiger partial charge in [-0.05, 0) is 67.2 Å². The van der Waals surface area contributed by atoms with Crippen LogP contribution in [0.1, 0.15) is 62.2 Å². The summed E-state index contributed by atoms with van der Waals surface area (Å²) in [6.45, 7) is 2.08. The molecule has 0 aliphatic heterocycles. The van der Waals surface area contributed by atoms with Gasteiger partial charge in [-0.3, -0.25) is 0 Å². The van der Waals surface area contributed by atoms with E-state index in [1.165, 1.54) is 44.9 Å². The zero-order valence-corrected chi connectivity index (χ0v) is 13.3. The lowest BCUT2D eigenvalue weighted by Gasteiger charge is -2.41. The zero-order chi connectivity index (χ0) is 14.8. The summed E-state index contributed by atoms with van der Waals surface area (Å²) in [5, 5.41) is 10.8. The van der Waals surface area contributed by atoms with Gasteiger partial charge in [0, 0.05) is 0 Å². The van der Waals surface area contributed by atoms with Gasteiger partial charge in [-0.25, -0.2) is 0 Å². The summed E-state index contributed by atoms with van der Waals surface area (Å²) in [7, 11) is 1.69.